The minimum absolute atomic E-state index is 0.397. The van der Waals surface area contributed by atoms with Gasteiger partial charge >= 0.3 is 0 Å². The molecular formula is C26H32ClN5O. The Balaban J connectivity index is 1.63. The van der Waals surface area contributed by atoms with Gasteiger partial charge in [-0.1, -0.05) is 37.6 Å². The Kier molecular flexibility index (Phi) is 7.36. The molecule has 0 saturated carbocycles. The molecule has 7 heteroatoms. The number of anilines is 3. The second-order valence-corrected chi connectivity index (χ2v) is 9.38. The average molecular weight is 466 g/mol. The van der Waals surface area contributed by atoms with Crippen LogP contribution in [0.2, 0.25) is 5.02 Å². The van der Waals surface area contributed by atoms with Crippen molar-refractivity contribution < 1.29 is 4.74 Å². The van der Waals surface area contributed by atoms with E-state index < -0.39 is 0 Å². The first kappa shape index (κ1) is 23.3. The maximum absolute atomic E-state index is 6.48. The van der Waals surface area contributed by atoms with Crippen molar-refractivity contribution in [2.45, 2.75) is 32.7 Å². The number of hydrogen-bond donors (Lipinski definition) is 1. The Morgan fingerprint density at radius 1 is 1.18 bits per heavy atom. The van der Waals surface area contributed by atoms with Crippen LogP contribution in [-0.4, -0.2) is 48.7 Å². The lowest BCUT2D eigenvalue weighted by Crippen LogP contribution is -2.31. The fraction of sp³-hybridized carbons (Fsp3) is 0.385. The molecule has 1 aliphatic heterocycles. The van der Waals surface area contributed by atoms with Gasteiger partial charge in [0.15, 0.2) is 0 Å². The van der Waals surface area contributed by atoms with Gasteiger partial charge in [-0.25, -0.2) is 0 Å². The van der Waals surface area contributed by atoms with Crippen LogP contribution in [0.1, 0.15) is 36.6 Å². The van der Waals surface area contributed by atoms with Crippen molar-refractivity contribution in [1.29, 1.82) is 0 Å². The largest absolute Gasteiger partial charge is 0.476 e. The molecule has 3 heterocycles. The summed E-state index contributed by atoms with van der Waals surface area (Å²) in [5.74, 6) is 1.87. The average Bonchev–Trinajstić information content (AvgIpc) is 2.79. The smallest absolute Gasteiger partial charge is 0.215 e. The zero-order valence-corrected chi connectivity index (χ0v) is 20.6. The summed E-state index contributed by atoms with van der Waals surface area (Å²) in [6, 6.07) is 14.2. The Morgan fingerprint density at radius 3 is 2.70 bits per heavy atom. The molecule has 3 aromatic rings. The van der Waals surface area contributed by atoms with Gasteiger partial charge in [-0.15, -0.1) is 0 Å². The fourth-order valence-electron chi connectivity index (χ4n) is 3.93. The summed E-state index contributed by atoms with van der Waals surface area (Å²) in [5.41, 5.74) is 5.47. The Morgan fingerprint density at radius 2 is 2.00 bits per heavy atom. The van der Waals surface area contributed by atoms with E-state index in [1.54, 1.807) is 0 Å². The van der Waals surface area contributed by atoms with Crippen LogP contribution in [0.4, 0.5) is 17.2 Å². The van der Waals surface area contributed by atoms with E-state index in [4.69, 9.17) is 21.3 Å². The van der Waals surface area contributed by atoms with E-state index in [2.05, 4.69) is 58.2 Å². The van der Waals surface area contributed by atoms with E-state index in [0.717, 1.165) is 54.0 Å². The lowest BCUT2D eigenvalue weighted by atomic mass is 10.00. The van der Waals surface area contributed by atoms with Crippen LogP contribution in [0.15, 0.2) is 48.7 Å². The molecule has 4 rings (SSSR count). The van der Waals surface area contributed by atoms with E-state index in [1.807, 2.05) is 38.5 Å². The van der Waals surface area contributed by atoms with E-state index >= 15 is 0 Å². The Bertz CT molecular complexity index is 1080. The van der Waals surface area contributed by atoms with Gasteiger partial charge in [0.1, 0.15) is 12.4 Å². The summed E-state index contributed by atoms with van der Waals surface area (Å²) in [5, 5.41) is 4.27. The molecule has 0 unspecified atom stereocenters. The van der Waals surface area contributed by atoms with E-state index in [0.29, 0.717) is 18.4 Å². The molecule has 0 amide bonds. The van der Waals surface area contributed by atoms with Crippen molar-refractivity contribution in [3.8, 4) is 5.88 Å². The molecule has 1 aromatic carbocycles. The summed E-state index contributed by atoms with van der Waals surface area (Å²) < 4.78 is 6.02. The maximum Gasteiger partial charge on any atom is 0.215 e. The van der Waals surface area contributed by atoms with Crippen molar-refractivity contribution in [2.75, 3.05) is 44.0 Å². The van der Waals surface area contributed by atoms with Crippen LogP contribution in [-0.2, 0) is 13.0 Å². The molecule has 1 N–H and O–H groups in total. The third-order valence-corrected chi connectivity index (χ3v) is 6.13. The van der Waals surface area contributed by atoms with E-state index in [1.165, 1.54) is 11.1 Å². The van der Waals surface area contributed by atoms with Crippen LogP contribution in [0.3, 0.4) is 0 Å². The SMILES string of the molecule is CC(C)c1ccc(Nc2nc(OCCN(C)C)cc3c2CCN(c2ccccc2Cl)C3)cn1. The number of benzene rings is 1. The Labute approximate surface area is 201 Å². The molecule has 0 aliphatic carbocycles. The first-order chi connectivity index (χ1) is 15.9. The lowest BCUT2D eigenvalue weighted by Gasteiger charge is -2.32. The molecule has 0 saturated heterocycles. The fourth-order valence-corrected chi connectivity index (χ4v) is 4.19. The lowest BCUT2D eigenvalue weighted by molar-refractivity contribution is 0.254. The van der Waals surface area contributed by atoms with Crippen molar-refractivity contribution in [2.24, 2.45) is 0 Å². The van der Waals surface area contributed by atoms with Gasteiger partial charge in [0.25, 0.3) is 0 Å². The summed E-state index contributed by atoms with van der Waals surface area (Å²) in [6.07, 6.45) is 2.74. The first-order valence-electron chi connectivity index (χ1n) is 11.4. The first-order valence-corrected chi connectivity index (χ1v) is 11.8. The zero-order chi connectivity index (χ0) is 23.4. The number of halogens is 1. The molecule has 33 heavy (non-hydrogen) atoms. The predicted molar refractivity (Wildman–Crippen MR) is 136 cm³/mol. The number of nitrogens with one attached hydrogen (secondary N) is 1. The third-order valence-electron chi connectivity index (χ3n) is 5.81. The molecule has 0 spiro atoms. The molecule has 1 aliphatic rings. The van der Waals surface area contributed by atoms with Gasteiger partial charge in [0, 0.05) is 37.0 Å². The van der Waals surface area contributed by atoms with E-state index in [-0.39, 0.29) is 0 Å². The van der Waals surface area contributed by atoms with Gasteiger partial charge < -0.3 is 19.9 Å². The third kappa shape index (κ3) is 5.75. The van der Waals surface area contributed by atoms with Crippen LogP contribution < -0.4 is 15.0 Å². The molecule has 0 atom stereocenters. The molecule has 0 radical (unpaired) electrons. The molecular weight excluding hydrogens is 434 g/mol. The topological polar surface area (TPSA) is 53.5 Å². The van der Waals surface area contributed by atoms with Crippen LogP contribution in [0.5, 0.6) is 5.88 Å². The normalized spacial score (nSPS) is 13.4. The number of pyridine rings is 2. The molecule has 0 fully saturated rings. The second-order valence-electron chi connectivity index (χ2n) is 8.97. The van der Waals surface area contributed by atoms with Gasteiger partial charge in [-0.3, -0.25) is 4.98 Å². The van der Waals surface area contributed by atoms with Crippen molar-refractivity contribution in [1.82, 2.24) is 14.9 Å². The van der Waals surface area contributed by atoms with Gasteiger partial charge in [0.2, 0.25) is 5.88 Å². The highest BCUT2D eigenvalue weighted by molar-refractivity contribution is 6.33. The van der Waals surface area contributed by atoms with Gasteiger partial charge in [-0.2, -0.15) is 4.98 Å². The minimum Gasteiger partial charge on any atom is -0.476 e. The zero-order valence-electron chi connectivity index (χ0n) is 19.8. The number of rotatable bonds is 8. The summed E-state index contributed by atoms with van der Waals surface area (Å²) >= 11 is 6.48. The molecule has 6 nitrogen and oxygen atoms in total. The summed E-state index contributed by atoms with van der Waals surface area (Å²) in [7, 11) is 4.07. The number of aromatic nitrogens is 2. The van der Waals surface area contributed by atoms with Crippen molar-refractivity contribution >= 4 is 28.8 Å². The second kappa shape index (κ2) is 10.4. The molecule has 2 aromatic heterocycles. The summed E-state index contributed by atoms with van der Waals surface area (Å²) in [4.78, 5) is 13.8. The highest BCUT2D eigenvalue weighted by atomic mass is 35.5. The van der Waals surface area contributed by atoms with Crippen LogP contribution >= 0.6 is 11.6 Å². The highest BCUT2D eigenvalue weighted by Gasteiger charge is 2.23. The number of nitrogens with zero attached hydrogens (tertiary/aromatic N) is 4. The number of likely N-dealkylation sites (N-methyl/N-ethyl adjacent to an activating group) is 1. The van der Waals surface area contributed by atoms with Gasteiger partial charge in [-0.05, 0) is 56.3 Å². The minimum atomic E-state index is 0.397. The Hall–Kier alpha value is -2.83. The quantitative estimate of drug-likeness (QED) is 0.474. The van der Waals surface area contributed by atoms with E-state index in [9.17, 15) is 0 Å². The number of ether oxygens (including phenoxy) is 1. The monoisotopic (exact) mass is 465 g/mol. The van der Waals surface area contributed by atoms with Crippen molar-refractivity contribution in [3.05, 3.63) is 70.5 Å². The van der Waals surface area contributed by atoms with Crippen LogP contribution in [0.25, 0.3) is 0 Å². The number of hydrogen-bond acceptors (Lipinski definition) is 6. The number of para-hydroxylation sites is 1. The molecule has 174 valence electrons. The maximum atomic E-state index is 6.48. The summed E-state index contributed by atoms with van der Waals surface area (Å²) in [6.45, 7) is 7.33. The van der Waals surface area contributed by atoms with Crippen LogP contribution in [0, 0.1) is 0 Å². The van der Waals surface area contributed by atoms with Crippen molar-refractivity contribution in [3.63, 3.8) is 0 Å². The molecule has 0 bridgehead atoms. The van der Waals surface area contributed by atoms with Gasteiger partial charge in [0.05, 0.1) is 22.6 Å². The number of fused-ring (bicyclic) bond motifs is 1. The standard InChI is InChI=1S/C26H32ClN5O/c1-18(2)23-10-9-20(16-28-23)29-26-21-11-12-32(24-8-6-5-7-22(24)27)17-19(21)15-25(30-26)33-14-13-31(3)4/h5-10,15-16,18H,11-14,17H2,1-4H3,(H,29,30). The predicted octanol–water partition coefficient (Wildman–Crippen LogP) is 5.50. The highest BCUT2D eigenvalue weighted by Crippen LogP contribution is 2.34.